The lowest BCUT2D eigenvalue weighted by molar-refractivity contribution is -0.136. The first-order valence-electron chi connectivity index (χ1n) is 8.56. The maximum atomic E-state index is 14.0. The number of ether oxygens (including phenoxy) is 1. The highest BCUT2D eigenvalue weighted by atomic mass is 19.1. The third-order valence-corrected chi connectivity index (χ3v) is 4.20. The molecule has 5 nitrogen and oxygen atoms in total. The Hall–Kier alpha value is -3.72. The fourth-order valence-electron chi connectivity index (χ4n) is 2.83. The molecule has 1 heterocycles. The van der Waals surface area contributed by atoms with E-state index in [0.717, 1.165) is 16.7 Å². The second-order valence-corrected chi connectivity index (χ2v) is 6.29. The number of aliphatic carboxylic acids is 1. The molecular weight excluding hydrogens is 359 g/mol. The summed E-state index contributed by atoms with van der Waals surface area (Å²) in [7, 11) is 0. The van der Waals surface area contributed by atoms with E-state index in [1.165, 1.54) is 18.2 Å². The molecule has 0 radical (unpaired) electrons. The van der Waals surface area contributed by atoms with Crippen molar-refractivity contribution in [1.82, 2.24) is 4.98 Å². The Labute approximate surface area is 161 Å². The Bertz CT molecular complexity index is 1070. The number of hydrogen-bond acceptors (Lipinski definition) is 4. The van der Waals surface area contributed by atoms with Gasteiger partial charge in [0, 0.05) is 17.2 Å². The van der Waals surface area contributed by atoms with Crippen LogP contribution in [0.5, 0.6) is 5.88 Å². The highest BCUT2D eigenvalue weighted by Gasteiger charge is 2.09. The minimum atomic E-state index is -0.879. The number of pyridine rings is 1. The van der Waals surface area contributed by atoms with E-state index in [2.05, 4.69) is 4.98 Å². The molecule has 6 heteroatoms. The van der Waals surface area contributed by atoms with E-state index in [4.69, 9.17) is 15.1 Å². The maximum Gasteiger partial charge on any atom is 0.307 e. The maximum absolute atomic E-state index is 14.0. The van der Waals surface area contributed by atoms with E-state index >= 15 is 0 Å². The van der Waals surface area contributed by atoms with E-state index in [1.54, 1.807) is 18.2 Å². The summed E-state index contributed by atoms with van der Waals surface area (Å²) < 4.78 is 19.6. The number of carbonyl (C=O) groups is 1. The van der Waals surface area contributed by atoms with Crippen molar-refractivity contribution in [3.63, 3.8) is 0 Å². The Kier molecular flexibility index (Phi) is 5.66. The molecule has 0 aliphatic heterocycles. The lowest BCUT2D eigenvalue weighted by atomic mass is 10.0. The Balaban J connectivity index is 1.77. The van der Waals surface area contributed by atoms with Crippen LogP contribution >= 0.6 is 0 Å². The van der Waals surface area contributed by atoms with Gasteiger partial charge in [0.1, 0.15) is 12.4 Å². The third kappa shape index (κ3) is 4.51. The predicted molar refractivity (Wildman–Crippen MR) is 101 cm³/mol. The van der Waals surface area contributed by atoms with Gasteiger partial charge in [-0.2, -0.15) is 5.26 Å². The molecule has 0 aliphatic rings. The highest BCUT2D eigenvalue weighted by Crippen LogP contribution is 2.25. The van der Waals surface area contributed by atoms with Crippen LogP contribution in [-0.4, -0.2) is 16.1 Å². The van der Waals surface area contributed by atoms with Crippen molar-refractivity contribution in [1.29, 1.82) is 5.26 Å². The first-order chi connectivity index (χ1) is 13.5. The van der Waals surface area contributed by atoms with Gasteiger partial charge in [0.05, 0.1) is 23.7 Å². The molecule has 1 aromatic heterocycles. The van der Waals surface area contributed by atoms with Gasteiger partial charge in [-0.05, 0) is 36.2 Å². The van der Waals surface area contributed by atoms with Gasteiger partial charge in [-0.15, -0.1) is 0 Å². The molecule has 0 saturated heterocycles. The van der Waals surface area contributed by atoms with Gasteiger partial charge in [0.2, 0.25) is 5.88 Å². The fourth-order valence-corrected chi connectivity index (χ4v) is 2.83. The van der Waals surface area contributed by atoms with Gasteiger partial charge in [0.15, 0.2) is 0 Å². The molecule has 0 bridgehead atoms. The van der Waals surface area contributed by atoms with Gasteiger partial charge >= 0.3 is 5.97 Å². The normalized spacial score (nSPS) is 10.3. The van der Waals surface area contributed by atoms with Crippen LogP contribution in [0, 0.1) is 24.1 Å². The SMILES string of the molecule is Cc1cc(CC(=O)O)ccc1-c1cccc(OCc2ccc(C#N)cc2F)n1. The van der Waals surface area contributed by atoms with Crippen LogP contribution in [0.3, 0.4) is 0 Å². The van der Waals surface area contributed by atoms with Crippen LogP contribution in [0.1, 0.15) is 22.3 Å². The van der Waals surface area contributed by atoms with Crippen LogP contribution < -0.4 is 4.74 Å². The van der Waals surface area contributed by atoms with Crippen LogP contribution in [0.2, 0.25) is 0 Å². The lowest BCUT2D eigenvalue weighted by Gasteiger charge is -2.10. The Morgan fingerprint density at radius 2 is 2.04 bits per heavy atom. The fraction of sp³-hybridized carbons (Fsp3) is 0.136. The number of carboxylic acids is 1. The molecule has 0 saturated carbocycles. The van der Waals surface area contributed by atoms with Crippen molar-refractivity contribution in [2.24, 2.45) is 0 Å². The Morgan fingerprint density at radius 1 is 1.21 bits per heavy atom. The number of carboxylic acid groups (broad SMARTS) is 1. The molecule has 3 rings (SSSR count). The second-order valence-electron chi connectivity index (χ2n) is 6.29. The Morgan fingerprint density at radius 3 is 2.71 bits per heavy atom. The number of hydrogen-bond donors (Lipinski definition) is 1. The van der Waals surface area contributed by atoms with Crippen LogP contribution in [-0.2, 0) is 17.8 Å². The number of nitriles is 1. The second kappa shape index (κ2) is 8.31. The zero-order valence-corrected chi connectivity index (χ0v) is 15.1. The molecule has 140 valence electrons. The van der Waals surface area contributed by atoms with Crippen LogP contribution in [0.15, 0.2) is 54.6 Å². The molecule has 3 aromatic rings. The molecule has 1 N–H and O–H groups in total. The molecule has 0 spiro atoms. The third-order valence-electron chi connectivity index (χ3n) is 4.20. The van der Waals surface area contributed by atoms with E-state index < -0.39 is 11.8 Å². The van der Waals surface area contributed by atoms with Crippen LogP contribution in [0.25, 0.3) is 11.3 Å². The number of rotatable bonds is 6. The van der Waals surface area contributed by atoms with Crippen molar-refractivity contribution in [3.8, 4) is 23.2 Å². The standard InChI is InChI=1S/C22H17FN2O3/c1-14-9-15(11-22(26)27)6-8-18(14)20-3-2-4-21(25-20)28-13-17-7-5-16(12-24)10-19(17)23/h2-10H,11,13H2,1H3,(H,26,27). The summed E-state index contributed by atoms with van der Waals surface area (Å²) in [6.45, 7) is 1.88. The summed E-state index contributed by atoms with van der Waals surface area (Å²) in [5, 5.41) is 17.7. The number of nitrogens with zero attached hydrogens (tertiary/aromatic N) is 2. The summed E-state index contributed by atoms with van der Waals surface area (Å²) in [6, 6.07) is 16.8. The van der Waals surface area contributed by atoms with Crippen molar-refractivity contribution in [3.05, 3.63) is 82.7 Å². The smallest absolute Gasteiger partial charge is 0.307 e. The summed E-state index contributed by atoms with van der Waals surface area (Å²) in [6.07, 6.45) is -0.0339. The molecule has 0 amide bonds. The summed E-state index contributed by atoms with van der Waals surface area (Å²) in [5.74, 6) is -1.04. The highest BCUT2D eigenvalue weighted by molar-refractivity contribution is 5.71. The number of aromatic nitrogens is 1. The lowest BCUT2D eigenvalue weighted by Crippen LogP contribution is -2.02. The number of aryl methyl sites for hydroxylation is 1. The molecule has 28 heavy (non-hydrogen) atoms. The summed E-state index contributed by atoms with van der Waals surface area (Å²) >= 11 is 0. The molecule has 0 aliphatic carbocycles. The molecular formula is C22H17FN2O3. The minimum Gasteiger partial charge on any atom is -0.481 e. The van der Waals surface area contributed by atoms with E-state index in [1.807, 2.05) is 31.2 Å². The topological polar surface area (TPSA) is 83.2 Å². The van der Waals surface area contributed by atoms with E-state index in [9.17, 15) is 9.18 Å². The van der Waals surface area contributed by atoms with Crippen molar-refractivity contribution >= 4 is 5.97 Å². The van der Waals surface area contributed by atoms with Gasteiger partial charge < -0.3 is 9.84 Å². The number of halogens is 1. The first-order valence-corrected chi connectivity index (χ1v) is 8.56. The monoisotopic (exact) mass is 376 g/mol. The van der Waals surface area contributed by atoms with Crippen molar-refractivity contribution in [2.45, 2.75) is 20.0 Å². The van der Waals surface area contributed by atoms with Crippen molar-refractivity contribution < 1.29 is 19.0 Å². The van der Waals surface area contributed by atoms with E-state index in [-0.39, 0.29) is 18.6 Å². The zero-order valence-electron chi connectivity index (χ0n) is 15.1. The largest absolute Gasteiger partial charge is 0.481 e. The quantitative estimate of drug-likeness (QED) is 0.694. The van der Waals surface area contributed by atoms with Crippen molar-refractivity contribution in [2.75, 3.05) is 0 Å². The predicted octanol–water partition coefficient (Wildman–Crippen LogP) is 4.27. The minimum absolute atomic E-state index is 0.00940. The first kappa shape index (κ1) is 19.1. The van der Waals surface area contributed by atoms with Gasteiger partial charge in [0.25, 0.3) is 0 Å². The summed E-state index contributed by atoms with van der Waals surface area (Å²) in [5.41, 5.74) is 3.75. The average Bonchev–Trinajstić information content (AvgIpc) is 2.67. The molecule has 0 fully saturated rings. The molecule has 0 atom stereocenters. The van der Waals surface area contributed by atoms with Gasteiger partial charge in [-0.3, -0.25) is 4.79 Å². The number of benzene rings is 2. The van der Waals surface area contributed by atoms with Crippen LogP contribution in [0.4, 0.5) is 4.39 Å². The van der Waals surface area contributed by atoms with E-state index in [0.29, 0.717) is 17.1 Å². The zero-order chi connectivity index (χ0) is 20.1. The van der Waals surface area contributed by atoms with Gasteiger partial charge in [-0.25, -0.2) is 9.37 Å². The summed E-state index contributed by atoms with van der Waals surface area (Å²) in [4.78, 5) is 15.3. The average molecular weight is 376 g/mol. The van der Waals surface area contributed by atoms with Gasteiger partial charge in [-0.1, -0.05) is 30.3 Å². The molecule has 0 unspecified atom stereocenters. The molecule has 2 aromatic carbocycles.